The molecule has 0 spiro atoms. The summed E-state index contributed by atoms with van der Waals surface area (Å²) in [5.41, 5.74) is 0.542. The molecular weight excluding hydrogens is 239 g/mol. The largest absolute Gasteiger partial charge is 0.376 e. The van der Waals surface area contributed by atoms with Crippen LogP contribution in [0.3, 0.4) is 0 Å². The summed E-state index contributed by atoms with van der Waals surface area (Å²) in [6.45, 7) is 4.18. The third-order valence-electron chi connectivity index (χ3n) is 2.18. The predicted octanol–water partition coefficient (Wildman–Crippen LogP) is 3.33. The van der Waals surface area contributed by atoms with Crippen molar-refractivity contribution in [2.45, 2.75) is 26.1 Å². The number of benzene rings is 1. The summed E-state index contributed by atoms with van der Waals surface area (Å²) < 4.78 is 22.7. The summed E-state index contributed by atoms with van der Waals surface area (Å²) in [6.07, 6.45) is 0.721. The standard InChI is InChI=1S/C12H19O4P/c1-3-10-16-17(14,15-4-2)12(13)11-8-6-5-7-9-11/h5-9,12-13H,3-4,10H2,1-2H3. The van der Waals surface area contributed by atoms with Gasteiger partial charge in [-0.05, 0) is 18.9 Å². The Morgan fingerprint density at radius 2 is 1.88 bits per heavy atom. The van der Waals surface area contributed by atoms with Gasteiger partial charge in [0.1, 0.15) is 0 Å². The monoisotopic (exact) mass is 258 g/mol. The van der Waals surface area contributed by atoms with E-state index in [1.54, 1.807) is 31.2 Å². The molecule has 4 nitrogen and oxygen atoms in total. The Morgan fingerprint density at radius 1 is 1.24 bits per heavy atom. The molecule has 0 radical (unpaired) electrons. The Morgan fingerprint density at radius 3 is 2.41 bits per heavy atom. The van der Waals surface area contributed by atoms with Crippen LogP contribution >= 0.6 is 7.60 Å². The summed E-state index contributed by atoms with van der Waals surface area (Å²) in [5, 5.41) is 10.1. The van der Waals surface area contributed by atoms with Gasteiger partial charge in [-0.3, -0.25) is 4.57 Å². The number of aliphatic hydroxyl groups is 1. The van der Waals surface area contributed by atoms with E-state index in [9.17, 15) is 9.67 Å². The van der Waals surface area contributed by atoms with Crippen LogP contribution in [0.15, 0.2) is 30.3 Å². The molecule has 2 unspecified atom stereocenters. The Labute approximate surface area is 102 Å². The molecule has 0 bridgehead atoms. The van der Waals surface area contributed by atoms with E-state index in [0.717, 1.165) is 6.42 Å². The minimum atomic E-state index is -3.49. The molecule has 0 heterocycles. The van der Waals surface area contributed by atoms with Crippen molar-refractivity contribution in [2.75, 3.05) is 13.2 Å². The highest BCUT2D eigenvalue weighted by Crippen LogP contribution is 2.59. The molecule has 1 N–H and O–H groups in total. The molecule has 5 heteroatoms. The van der Waals surface area contributed by atoms with E-state index in [1.165, 1.54) is 0 Å². The van der Waals surface area contributed by atoms with Gasteiger partial charge in [0.25, 0.3) is 0 Å². The number of rotatable bonds is 7. The smallest absolute Gasteiger partial charge is 0.363 e. The molecule has 17 heavy (non-hydrogen) atoms. The van der Waals surface area contributed by atoms with Gasteiger partial charge in [0.2, 0.25) is 0 Å². The maximum absolute atomic E-state index is 12.4. The van der Waals surface area contributed by atoms with Gasteiger partial charge in [-0.1, -0.05) is 37.3 Å². The maximum Gasteiger partial charge on any atom is 0.363 e. The van der Waals surface area contributed by atoms with Gasteiger partial charge in [-0.15, -0.1) is 0 Å². The zero-order chi connectivity index (χ0) is 12.7. The first kappa shape index (κ1) is 14.4. The van der Waals surface area contributed by atoms with Crippen LogP contribution in [0.2, 0.25) is 0 Å². The molecule has 1 rings (SSSR count). The Hall–Kier alpha value is -0.670. The van der Waals surface area contributed by atoms with Gasteiger partial charge < -0.3 is 14.2 Å². The van der Waals surface area contributed by atoms with E-state index >= 15 is 0 Å². The van der Waals surface area contributed by atoms with Crippen molar-refractivity contribution >= 4 is 7.60 Å². The van der Waals surface area contributed by atoms with Crippen molar-refractivity contribution in [3.63, 3.8) is 0 Å². The summed E-state index contributed by atoms with van der Waals surface area (Å²) >= 11 is 0. The van der Waals surface area contributed by atoms with Crippen LogP contribution in [0, 0.1) is 0 Å². The molecule has 0 aliphatic heterocycles. The van der Waals surface area contributed by atoms with Crippen LogP contribution in [0.4, 0.5) is 0 Å². The first-order valence-corrected chi connectivity index (χ1v) is 7.37. The third-order valence-corrected chi connectivity index (χ3v) is 4.24. The average Bonchev–Trinajstić information content (AvgIpc) is 2.37. The second kappa shape index (κ2) is 6.92. The fourth-order valence-corrected chi connectivity index (χ4v) is 3.08. The zero-order valence-corrected chi connectivity index (χ0v) is 11.1. The summed E-state index contributed by atoms with van der Waals surface area (Å²) in [5.74, 6) is -1.23. The molecular formula is C12H19O4P. The number of hydrogen-bond donors (Lipinski definition) is 1. The van der Waals surface area contributed by atoms with Gasteiger partial charge in [-0.25, -0.2) is 0 Å². The molecule has 0 saturated carbocycles. The normalized spacial score (nSPS) is 16.4. The van der Waals surface area contributed by atoms with Crippen molar-refractivity contribution in [2.24, 2.45) is 0 Å². The second-order valence-corrected chi connectivity index (χ2v) is 5.66. The van der Waals surface area contributed by atoms with Gasteiger partial charge in [0, 0.05) is 0 Å². The average molecular weight is 258 g/mol. The molecule has 1 aromatic rings. The van der Waals surface area contributed by atoms with Crippen LogP contribution < -0.4 is 0 Å². The molecule has 0 aromatic heterocycles. The van der Waals surface area contributed by atoms with Crippen LogP contribution in [0.1, 0.15) is 31.7 Å². The van der Waals surface area contributed by atoms with E-state index in [4.69, 9.17) is 9.05 Å². The highest BCUT2D eigenvalue weighted by Gasteiger charge is 2.35. The second-order valence-electron chi connectivity index (χ2n) is 3.58. The van der Waals surface area contributed by atoms with Crippen molar-refractivity contribution in [3.05, 3.63) is 35.9 Å². The molecule has 0 saturated heterocycles. The van der Waals surface area contributed by atoms with Crippen LogP contribution in [0.5, 0.6) is 0 Å². The maximum atomic E-state index is 12.4. The van der Waals surface area contributed by atoms with Crippen molar-refractivity contribution < 1.29 is 18.7 Å². The molecule has 2 atom stereocenters. The highest BCUT2D eigenvalue weighted by molar-refractivity contribution is 7.54. The Bertz CT molecular complexity index is 366. The van der Waals surface area contributed by atoms with Crippen molar-refractivity contribution in [1.82, 2.24) is 0 Å². The van der Waals surface area contributed by atoms with Crippen LogP contribution in [-0.4, -0.2) is 18.3 Å². The molecule has 0 aliphatic carbocycles. The Balaban J connectivity index is 2.86. The lowest BCUT2D eigenvalue weighted by Gasteiger charge is -2.22. The zero-order valence-electron chi connectivity index (χ0n) is 10.2. The predicted molar refractivity (Wildman–Crippen MR) is 66.9 cm³/mol. The summed E-state index contributed by atoms with van der Waals surface area (Å²) in [6, 6.07) is 8.77. The molecule has 96 valence electrons. The van der Waals surface area contributed by atoms with Crippen LogP contribution in [0.25, 0.3) is 0 Å². The van der Waals surface area contributed by atoms with E-state index < -0.39 is 13.4 Å². The number of hydrogen-bond acceptors (Lipinski definition) is 4. The first-order chi connectivity index (χ1) is 8.14. The van der Waals surface area contributed by atoms with E-state index in [-0.39, 0.29) is 6.61 Å². The lowest BCUT2D eigenvalue weighted by atomic mass is 10.2. The molecule has 0 amide bonds. The minimum Gasteiger partial charge on any atom is -0.376 e. The van der Waals surface area contributed by atoms with Crippen LogP contribution in [-0.2, 0) is 13.6 Å². The lowest BCUT2D eigenvalue weighted by Crippen LogP contribution is -2.06. The number of aliphatic hydroxyl groups excluding tert-OH is 1. The van der Waals surface area contributed by atoms with E-state index in [2.05, 4.69) is 0 Å². The molecule has 1 aromatic carbocycles. The SMILES string of the molecule is CCCOP(=O)(OCC)C(O)c1ccccc1. The fourth-order valence-electron chi connectivity index (χ4n) is 1.38. The molecule has 0 fully saturated rings. The van der Waals surface area contributed by atoms with Gasteiger partial charge in [0.05, 0.1) is 13.2 Å². The third kappa shape index (κ3) is 3.93. The highest BCUT2D eigenvalue weighted by atomic mass is 31.2. The van der Waals surface area contributed by atoms with E-state index in [1.807, 2.05) is 13.0 Å². The minimum absolute atomic E-state index is 0.241. The fraction of sp³-hybridized carbons (Fsp3) is 0.500. The topological polar surface area (TPSA) is 55.8 Å². The molecule has 0 aliphatic rings. The van der Waals surface area contributed by atoms with Gasteiger partial charge in [-0.2, -0.15) is 0 Å². The van der Waals surface area contributed by atoms with Gasteiger partial charge in [0.15, 0.2) is 5.85 Å². The summed E-state index contributed by atoms with van der Waals surface area (Å²) in [4.78, 5) is 0. The Kier molecular flexibility index (Phi) is 5.86. The van der Waals surface area contributed by atoms with Crippen molar-refractivity contribution in [1.29, 1.82) is 0 Å². The quantitative estimate of drug-likeness (QED) is 0.762. The van der Waals surface area contributed by atoms with E-state index in [0.29, 0.717) is 12.2 Å². The van der Waals surface area contributed by atoms with Gasteiger partial charge >= 0.3 is 7.60 Å². The lowest BCUT2D eigenvalue weighted by molar-refractivity contribution is 0.146. The first-order valence-electron chi connectivity index (χ1n) is 5.76. The summed E-state index contributed by atoms with van der Waals surface area (Å²) in [7, 11) is -3.49. The van der Waals surface area contributed by atoms with Crippen molar-refractivity contribution in [3.8, 4) is 0 Å².